The maximum atomic E-state index is 10.8. The Morgan fingerprint density at radius 3 is 1.65 bits per heavy atom. The van der Waals surface area contributed by atoms with Crippen LogP contribution in [0.15, 0.2) is 12.1 Å². The van der Waals surface area contributed by atoms with Gasteiger partial charge in [0.05, 0.1) is 22.4 Å². The van der Waals surface area contributed by atoms with E-state index in [1.807, 2.05) is 0 Å². The topological polar surface area (TPSA) is 138 Å². The van der Waals surface area contributed by atoms with Gasteiger partial charge in [0.1, 0.15) is 0 Å². The lowest BCUT2D eigenvalue weighted by atomic mass is 10.0. The lowest BCUT2D eigenvalue weighted by Crippen LogP contribution is -2.14. The predicted octanol–water partition coefficient (Wildman–Crippen LogP) is 0.785. The van der Waals surface area contributed by atoms with E-state index in [9.17, 15) is 14.4 Å². The van der Waals surface area contributed by atoms with Crippen LogP contribution in [0.3, 0.4) is 0 Å². The van der Waals surface area contributed by atoms with Gasteiger partial charge in [-0.25, -0.2) is 14.4 Å². The van der Waals surface area contributed by atoms with Crippen molar-refractivity contribution in [3.05, 3.63) is 28.8 Å². The molecule has 7 nitrogen and oxygen atoms in total. The maximum Gasteiger partial charge on any atom is 0.338 e. The number of carboxylic acid groups (broad SMARTS) is 3. The molecular weight excluding hydrogens is 254 g/mol. The summed E-state index contributed by atoms with van der Waals surface area (Å²) in [4.78, 5) is 32.1. The zero-order valence-electron chi connectivity index (χ0n) is 8.21. The third kappa shape index (κ3) is 2.64. The molecule has 8 heteroatoms. The van der Waals surface area contributed by atoms with Crippen molar-refractivity contribution in [2.75, 3.05) is 5.73 Å². The molecule has 0 bridgehead atoms. The number of nitrogens with two attached hydrogens (primary N) is 1. The summed E-state index contributed by atoms with van der Waals surface area (Å²) in [7, 11) is 0. The molecule has 0 saturated heterocycles. The number of nitrogen functional groups attached to an aromatic ring is 1. The van der Waals surface area contributed by atoms with E-state index in [1.54, 1.807) is 0 Å². The van der Waals surface area contributed by atoms with Crippen LogP contribution >= 0.6 is 12.4 Å². The molecule has 0 aliphatic heterocycles. The molecule has 0 atom stereocenters. The van der Waals surface area contributed by atoms with Crippen LogP contribution in [0.4, 0.5) is 5.69 Å². The number of halogens is 1. The lowest BCUT2D eigenvalue weighted by molar-refractivity contribution is 0.0650. The molecule has 1 aromatic rings. The summed E-state index contributed by atoms with van der Waals surface area (Å²) in [5.74, 6) is -4.49. The Morgan fingerprint density at radius 2 is 1.29 bits per heavy atom. The van der Waals surface area contributed by atoms with Gasteiger partial charge in [0.15, 0.2) is 0 Å². The number of anilines is 1. The summed E-state index contributed by atoms with van der Waals surface area (Å²) in [6, 6.07) is 1.85. The van der Waals surface area contributed by atoms with E-state index in [4.69, 9.17) is 21.1 Å². The first-order valence-electron chi connectivity index (χ1n) is 3.98. The quantitative estimate of drug-likeness (QED) is 0.590. The summed E-state index contributed by atoms with van der Waals surface area (Å²) < 4.78 is 0. The van der Waals surface area contributed by atoms with Gasteiger partial charge in [0.25, 0.3) is 0 Å². The first-order chi connectivity index (χ1) is 7.36. The van der Waals surface area contributed by atoms with Crippen LogP contribution < -0.4 is 5.73 Å². The molecule has 0 radical (unpaired) electrons. The highest BCUT2D eigenvalue weighted by atomic mass is 35.5. The van der Waals surface area contributed by atoms with E-state index in [-0.39, 0.29) is 12.4 Å². The highest BCUT2D eigenvalue weighted by molar-refractivity contribution is 6.09. The monoisotopic (exact) mass is 261 g/mol. The first-order valence-corrected chi connectivity index (χ1v) is 3.98. The van der Waals surface area contributed by atoms with Crippen LogP contribution in [0.1, 0.15) is 31.1 Å². The summed E-state index contributed by atoms with van der Waals surface area (Å²) in [5.41, 5.74) is 3.03. The summed E-state index contributed by atoms with van der Waals surface area (Å²) >= 11 is 0. The number of aromatic carboxylic acids is 3. The van der Waals surface area contributed by atoms with Crippen LogP contribution in [-0.4, -0.2) is 33.2 Å². The van der Waals surface area contributed by atoms with Crippen LogP contribution in [0.5, 0.6) is 0 Å². The minimum absolute atomic E-state index is 0. The Hall–Kier alpha value is -2.28. The average molecular weight is 262 g/mol. The van der Waals surface area contributed by atoms with Crippen molar-refractivity contribution in [3.63, 3.8) is 0 Å². The number of carboxylic acids is 3. The normalized spacial score (nSPS) is 9.18. The standard InChI is InChI=1S/C9H7NO6.ClH/c10-6-4(8(13)14)2-1-3(7(11)12)5(6)9(15)16;/h1-2H,10H2,(H,11,12)(H,13,14)(H,15,16);1H. The van der Waals surface area contributed by atoms with Gasteiger partial charge < -0.3 is 21.1 Å². The van der Waals surface area contributed by atoms with Gasteiger partial charge in [-0.15, -0.1) is 12.4 Å². The summed E-state index contributed by atoms with van der Waals surface area (Å²) in [6.45, 7) is 0. The molecule has 0 aromatic heterocycles. The van der Waals surface area contributed by atoms with Crippen LogP contribution in [0.2, 0.25) is 0 Å². The molecule has 0 aliphatic carbocycles. The van der Waals surface area contributed by atoms with Crippen LogP contribution in [-0.2, 0) is 0 Å². The van der Waals surface area contributed by atoms with Gasteiger partial charge in [0, 0.05) is 0 Å². The second kappa shape index (κ2) is 5.17. The predicted molar refractivity (Wildman–Crippen MR) is 59.0 cm³/mol. The van der Waals surface area contributed by atoms with E-state index in [2.05, 4.69) is 0 Å². The molecular formula is C9H8ClNO6. The molecule has 0 saturated carbocycles. The number of benzene rings is 1. The smallest absolute Gasteiger partial charge is 0.338 e. The largest absolute Gasteiger partial charge is 0.478 e. The molecule has 0 fully saturated rings. The van der Waals surface area contributed by atoms with Crippen molar-refractivity contribution in [1.29, 1.82) is 0 Å². The van der Waals surface area contributed by atoms with Gasteiger partial charge >= 0.3 is 17.9 Å². The SMILES string of the molecule is Cl.Nc1c(C(=O)O)ccc(C(=O)O)c1C(=O)O. The van der Waals surface area contributed by atoms with Gasteiger partial charge in [0.2, 0.25) is 0 Å². The summed E-state index contributed by atoms with van der Waals surface area (Å²) in [6.07, 6.45) is 0. The minimum Gasteiger partial charge on any atom is -0.478 e. The highest BCUT2D eigenvalue weighted by Crippen LogP contribution is 2.22. The third-order valence-electron chi connectivity index (χ3n) is 1.92. The second-order valence-corrected chi connectivity index (χ2v) is 2.86. The van der Waals surface area contributed by atoms with Gasteiger partial charge in [-0.3, -0.25) is 0 Å². The zero-order chi connectivity index (χ0) is 12.5. The average Bonchev–Trinajstić information content (AvgIpc) is 2.15. The molecule has 0 unspecified atom stereocenters. The van der Waals surface area contributed by atoms with Crippen molar-refractivity contribution >= 4 is 36.0 Å². The molecule has 0 heterocycles. The van der Waals surface area contributed by atoms with Gasteiger partial charge in [-0.1, -0.05) is 0 Å². The Bertz CT molecular complexity index is 499. The van der Waals surface area contributed by atoms with E-state index in [0.717, 1.165) is 12.1 Å². The molecule has 0 amide bonds. The lowest BCUT2D eigenvalue weighted by Gasteiger charge is -2.07. The Morgan fingerprint density at radius 1 is 0.882 bits per heavy atom. The number of rotatable bonds is 3. The third-order valence-corrected chi connectivity index (χ3v) is 1.92. The number of hydrogen-bond acceptors (Lipinski definition) is 4. The van der Waals surface area contributed by atoms with Crippen molar-refractivity contribution in [2.45, 2.75) is 0 Å². The maximum absolute atomic E-state index is 10.8. The zero-order valence-corrected chi connectivity index (χ0v) is 9.02. The molecule has 1 aromatic carbocycles. The highest BCUT2D eigenvalue weighted by Gasteiger charge is 2.23. The van der Waals surface area contributed by atoms with Crippen LogP contribution in [0.25, 0.3) is 0 Å². The molecule has 92 valence electrons. The molecule has 1 rings (SSSR count). The number of carbonyl (C=O) groups is 3. The fourth-order valence-corrected chi connectivity index (χ4v) is 1.21. The molecule has 0 spiro atoms. The molecule has 0 aliphatic rings. The Labute approximate surface area is 101 Å². The van der Waals surface area contributed by atoms with E-state index >= 15 is 0 Å². The van der Waals surface area contributed by atoms with E-state index in [0.29, 0.717) is 0 Å². The van der Waals surface area contributed by atoms with Crippen molar-refractivity contribution in [3.8, 4) is 0 Å². The minimum atomic E-state index is -1.59. The van der Waals surface area contributed by atoms with Gasteiger partial charge in [-0.2, -0.15) is 0 Å². The van der Waals surface area contributed by atoms with E-state index < -0.39 is 40.3 Å². The number of hydrogen-bond donors (Lipinski definition) is 4. The first kappa shape index (κ1) is 14.7. The van der Waals surface area contributed by atoms with Crippen LogP contribution in [0, 0.1) is 0 Å². The Balaban J connectivity index is 0.00000256. The van der Waals surface area contributed by atoms with Crippen molar-refractivity contribution < 1.29 is 29.7 Å². The van der Waals surface area contributed by atoms with Gasteiger partial charge in [-0.05, 0) is 12.1 Å². The second-order valence-electron chi connectivity index (χ2n) is 2.86. The molecule has 17 heavy (non-hydrogen) atoms. The van der Waals surface area contributed by atoms with E-state index in [1.165, 1.54) is 0 Å². The fourth-order valence-electron chi connectivity index (χ4n) is 1.21. The Kier molecular flexibility index (Phi) is 4.48. The molecule has 5 N–H and O–H groups in total. The fraction of sp³-hybridized carbons (Fsp3) is 0. The van der Waals surface area contributed by atoms with Crippen molar-refractivity contribution in [2.24, 2.45) is 0 Å². The summed E-state index contributed by atoms with van der Waals surface area (Å²) in [5, 5.41) is 26.1. The van der Waals surface area contributed by atoms with Crippen molar-refractivity contribution in [1.82, 2.24) is 0 Å².